The normalized spacial score (nSPS) is 11.5. The predicted octanol–water partition coefficient (Wildman–Crippen LogP) is 4.48. The molecule has 164 valence electrons. The smallest absolute Gasteiger partial charge is 0.191 e. The zero-order valence-electron chi connectivity index (χ0n) is 18.5. The lowest BCUT2D eigenvalue weighted by atomic mass is 9.98. The van der Waals surface area contributed by atoms with Crippen LogP contribution in [0, 0.1) is 0 Å². The summed E-state index contributed by atoms with van der Waals surface area (Å²) < 4.78 is 2.07. The molecule has 2 heterocycles. The summed E-state index contributed by atoms with van der Waals surface area (Å²) in [5.74, 6) is 0.767. The number of hydrogen-bond donors (Lipinski definition) is 2. The summed E-state index contributed by atoms with van der Waals surface area (Å²) in [5, 5.41) is 7.86. The van der Waals surface area contributed by atoms with Crippen LogP contribution >= 0.6 is 11.3 Å². The van der Waals surface area contributed by atoms with Gasteiger partial charge < -0.3 is 15.2 Å². The lowest BCUT2D eigenvalue weighted by molar-refractivity contribution is 0.797. The molecule has 2 aromatic heterocycles. The summed E-state index contributed by atoms with van der Waals surface area (Å²) in [6, 6.07) is 17.2. The average Bonchev–Trinajstić information content (AvgIpc) is 3.52. The van der Waals surface area contributed by atoms with E-state index >= 15 is 0 Å². The second-order valence-electron chi connectivity index (χ2n) is 7.44. The summed E-state index contributed by atoms with van der Waals surface area (Å²) in [4.78, 5) is 14.2. The second-order valence-corrected chi connectivity index (χ2v) is 8.64. The molecule has 4 aromatic rings. The molecule has 2 aromatic carbocycles. The van der Waals surface area contributed by atoms with Gasteiger partial charge in [-0.05, 0) is 28.7 Å². The van der Waals surface area contributed by atoms with Crippen LogP contribution < -0.4 is 10.6 Å². The van der Waals surface area contributed by atoms with E-state index in [1.807, 2.05) is 18.7 Å². The van der Waals surface area contributed by atoms with Gasteiger partial charge in [-0.2, -0.15) is 0 Å². The first-order chi connectivity index (χ1) is 15.7. The highest BCUT2D eigenvalue weighted by molar-refractivity contribution is 7.11. The molecule has 0 radical (unpaired) electrons. The Morgan fingerprint density at radius 1 is 1.06 bits per heavy atom. The molecule has 7 heteroatoms. The molecular formula is C25H28N6S. The number of nitrogens with zero attached hydrogens (tertiary/aromatic N) is 4. The van der Waals surface area contributed by atoms with Crippen molar-refractivity contribution >= 4 is 17.3 Å². The Morgan fingerprint density at radius 3 is 2.59 bits per heavy atom. The van der Waals surface area contributed by atoms with Crippen LogP contribution in [0.25, 0.3) is 11.1 Å². The summed E-state index contributed by atoms with van der Waals surface area (Å²) in [7, 11) is 1.79. The van der Waals surface area contributed by atoms with Crippen molar-refractivity contribution in [1.82, 2.24) is 25.2 Å². The number of rotatable bonds is 8. The van der Waals surface area contributed by atoms with Gasteiger partial charge in [0, 0.05) is 43.6 Å². The van der Waals surface area contributed by atoms with E-state index in [1.165, 1.54) is 27.1 Å². The van der Waals surface area contributed by atoms with Gasteiger partial charge in [-0.15, -0.1) is 11.3 Å². The van der Waals surface area contributed by atoms with Crippen molar-refractivity contribution in [3.63, 3.8) is 0 Å². The van der Waals surface area contributed by atoms with Crippen LogP contribution in [0.15, 0.2) is 78.4 Å². The first-order valence-corrected chi connectivity index (χ1v) is 11.6. The quantitative estimate of drug-likeness (QED) is 0.311. The lowest BCUT2D eigenvalue weighted by Crippen LogP contribution is -2.36. The molecule has 0 atom stereocenters. The van der Waals surface area contributed by atoms with Gasteiger partial charge in [0.15, 0.2) is 5.96 Å². The standard InChI is InChI=1S/C25H28N6S/c1-3-22-15-28-24(32-22)16-30-25(26-2)29-14-21-6-4-5-7-23(21)20-10-8-19(9-11-20)17-31-13-12-27-18-31/h4-13,15,18H,3,14,16-17H2,1-2H3,(H2,26,29,30). The molecule has 0 saturated carbocycles. The predicted molar refractivity (Wildman–Crippen MR) is 132 cm³/mol. The zero-order chi connectivity index (χ0) is 22.2. The Morgan fingerprint density at radius 2 is 1.88 bits per heavy atom. The van der Waals surface area contributed by atoms with Crippen LogP contribution in [0.2, 0.25) is 0 Å². The number of aryl methyl sites for hydroxylation is 1. The van der Waals surface area contributed by atoms with Crippen molar-refractivity contribution in [3.05, 3.63) is 94.5 Å². The molecule has 0 aliphatic heterocycles. The minimum Gasteiger partial charge on any atom is -0.352 e. The van der Waals surface area contributed by atoms with Crippen LogP contribution in [0.1, 0.15) is 27.9 Å². The average molecular weight is 445 g/mol. The number of aliphatic imine (C=N–C) groups is 1. The number of nitrogens with one attached hydrogen (secondary N) is 2. The molecule has 0 saturated heterocycles. The minimum atomic E-state index is 0.671. The van der Waals surface area contributed by atoms with Crippen molar-refractivity contribution in [2.75, 3.05) is 7.05 Å². The minimum absolute atomic E-state index is 0.671. The third-order valence-electron chi connectivity index (χ3n) is 5.23. The SMILES string of the molecule is CCc1cnc(CNC(=NC)NCc2ccccc2-c2ccc(Cn3ccnc3)cc2)s1. The van der Waals surface area contributed by atoms with E-state index in [0.717, 1.165) is 23.9 Å². The first kappa shape index (κ1) is 21.8. The zero-order valence-corrected chi connectivity index (χ0v) is 19.3. The van der Waals surface area contributed by atoms with Crippen LogP contribution in [-0.2, 0) is 26.1 Å². The monoisotopic (exact) mass is 444 g/mol. The maximum absolute atomic E-state index is 4.46. The van der Waals surface area contributed by atoms with E-state index in [4.69, 9.17) is 0 Å². The van der Waals surface area contributed by atoms with Crippen LogP contribution in [0.5, 0.6) is 0 Å². The summed E-state index contributed by atoms with van der Waals surface area (Å²) in [6.07, 6.45) is 8.60. The van der Waals surface area contributed by atoms with Gasteiger partial charge in [-0.3, -0.25) is 4.99 Å². The largest absolute Gasteiger partial charge is 0.352 e. The number of imidazole rings is 1. The van der Waals surface area contributed by atoms with E-state index < -0.39 is 0 Å². The van der Waals surface area contributed by atoms with E-state index in [0.29, 0.717) is 13.1 Å². The number of hydrogen-bond acceptors (Lipinski definition) is 4. The number of thiazole rings is 1. The third-order valence-corrected chi connectivity index (χ3v) is 6.38. The highest BCUT2D eigenvalue weighted by Crippen LogP contribution is 2.24. The van der Waals surface area contributed by atoms with E-state index in [2.05, 4.69) is 85.6 Å². The van der Waals surface area contributed by atoms with E-state index in [9.17, 15) is 0 Å². The first-order valence-electron chi connectivity index (χ1n) is 10.8. The van der Waals surface area contributed by atoms with Gasteiger partial charge in [0.25, 0.3) is 0 Å². The topological polar surface area (TPSA) is 67.1 Å². The summed E-state index contributed by atoms with van der Waals surface area (Å²) >= 11 is 1.74. The molecule has 0 amide bonds. The molecule has 0 spiro atoms. The molecule has 0 bridgehead atoms. The highest BCUT2D eigenvalue weighted by Gasteiger charge is 2.07. The summed E-state index contributed by atoms with van der Waals surface area (Å²) in [6.45, 7) is 4.33. The van der Waals surface area contributed by atoms with Crippen LogP contribution in [0.3, 0.4) is 0 Å². The molecule has 6 nitrogen and oxygen atoms in total. The molecule has 0 aliphatic rings. The molecule has 4 rings (SSSR count). The van der Waals surface area contributed by atoms with Gasteiger partial charge in [-0.1, -0.05) is 55.5 Å². The number of benzene rings is 2. The van der Waals surface area contributed by atoms with Gasteiger partial charge in [0.2, 0.25) is 0 Å². The van der Waals surface area contributed by atoms with Crippen LogP contribution in [0.4, 0.5) is 0 Å². The number of guanidine groups is 1. The molecule has 0 fully saturated rings. The molecule has 0 unspecified atom stereocenters. The highest BCUT2D eigenvalue weighted by atomic mass is 32.1. The number of aromatic nitrogens is 3. The fraction of sp³-hybridized carbons (Fsp3) is 0.240. The van der Waals surface area contributed by atoms with Crippen molar-refractivity contribution in [2.45, 2.75) is 33.0 Å². The van der Waals surface area contributed by atoms with Crippen LogP contribution in [-0.4, -0.2) is 27.5 Å². The molecular weight excluding hydrogens is 416 g/mol. The third kappa shape index (κ3) is 5.62. The van der Waals surface area contributed by atoms with Gasteiger partial charge in [-0.25, -0.2) is 9.97 Å². The van der Waals surface area contributed by atoms with Gasteiger partial charge >= 0.3 is 0 Å². The van der Waals surface area contributed by atoms with Crippen molar-refractivity contribution in [2.24, 2.45) is 4.99 Å². The van der Waals surface area contributed by atoms with Crippen molar-refractivity contribution in [1.29, 1.82) is 0 Å². The van der Waals surface area contributed by atoms with Gasteiger partial charge in [0.05, 0.1) is 12.9 Å². The second kappa shape index (κ2) is 10.7. The lowest BCUT2D eigenvalue weighted by Gasteiger charge is -2.14. The maximum atomic E-state index is 4.46. The van der Waals surface area contributed by atoms with Gasteiger partial charge in [0.1, 0.15) is 5.01 Å². The Labute approximate surface area is 193 Å². The molecule has 32 heavy (non-hydrogen) atoms. The van der Waals surface area contributed by atoms with E-state index in [1.54, 1.807) is 24.6 Å². The summed E-state index contributed by atoms with van der Waals surface area (Å²) in [5.41, 5.74) is 4.90. The molecule has 2 N–H and O–H groups in total. The van der Waals surface area contributed by atoms with E-state index in [-0.39, 0.29) is 0 Å². The Balaban J connectivity index is 1.39. The van der Waals surface area contributed by atoms with Crippen molar-refractivity contribution in [3.8, 4) is 11.1 Å². The van der Waals surface area contributed by atoms with Crippen molar-refractivity contribution < 1.29 is 0 Å². The maximum Gasteiger partial charge on any atom is 0.191 e. The fourth-order valence-electron chi connectivity index (χ4n) is 3.49. The fourth-order valence-corrected chi connectivity index (χ4v) is 4.29. The Hall–Kier alpha value is -3.45. The Kier molecular flexibility index (Phi) is 7.30. The Bertz CT molecular complexity index is 1150. The molecule has 0 aliphatic carbocycles.